The maximum absolute atomic E-state index is 9.76. The summed E-state index contributed by atoms with van der Waals surface area (Å²) in [6, 6.07) is 1.16. The largest absolute Gasteiger partial charge is 0.390 e. The van der Waals surface area contributed by atoms with E-state index >= 15 is 0 Å². The average Bonchev–Trinajstić information content (AvgIpc) is 2.86. The third-order valence-electron chi connectivity index (χ3n) is 3.07. The third-order valence-corrected chi connectivity index (χ3v) is 3.07. The van der Waals surface area contributed by atoms with Crippen molar-refractivity contribution in [3.63, 3.8) is 0 Å². The van der Waals surface area contributed by atoms with E-state index in [0.717, 1.165) is 25.7 Å². The molecule has 1 aliphatic heterocycles. The molecule has 76 valence electrons. The molecule has 0 radical (unpaired) electrons. The van der Waals surface area contributed by atoms with Crippen molar-refractivity contribution in [3.8, 4) is 0 Å². The molecule has 1 saturated carbocycles. The minimum Gasteiger partial charge on any atom is -0.390 e. The highest BCUT2D eigenvalue weighted by Gasteiger charge is 2.38. The van der Waals surface area contributed by atoms with E-state index in [4.69, 9.17) is 0 Å². The van der Waals surface area contributed by atoms with Crippen LogP contribution in [-0.2, 0) is 0 Å². The molecule has 0 amide bonds. The van der Waals surface area contributed by atoms with Crippen molar-refractivity contribution < 1.29 is 5.11 Å². The van der Waals surface area contributed by atoms with Gasteiger partial charge in [0.2, 0.25) is 0 Å². The summed E-state index contributed by atoms with van der Waals surface area (Å²) >= 11 is 0. The van der Waals surface area contributed by atoms with Gasteiger partial charge in [0, 0.05) is 25.2 Å². The molecule has 1 aliphatic carbocycles. The molecule has 2 aliphatic rings. The molecular weight excluding hydrogens is 164 g/mol. The minimum absolute atomic E-state index is 0.146. The second-order valence-electron chi connectivity index (χ2n) is 4.26. The van der Waals surface area contributed by atoms with E-state index in [0.29, 0.717) is 6.04 Å². The summed E-state index contributed by atoms with van der Waals surface area (Å²) in [6.07, 6.45) is 3.72. The first kappa shape index (κ1) is 9.44. The standard InChI is InChI=1S/C10H20N2O/c1-2-5-12(8-3-4-8)9-6-11-7-10(9)13/h8-11,13H,2-7H2,1H3. The molecule has 2 rings (SSSR count). The topological polar surface area (TPSA) is 35.5 Å². The Balaban J connectivity index is 1.92. The van der Waals surface area contributed by atoms with Crippen LogP contribution in [0.3, 0.4) is 0 Å². The molecule has 1 saturated heterocycles. The Bertz CT molecular complexity index is 170. The SMILES string of the molecule is CCCN(C1CC1)C1CNCC1O. The number of nitrogens with one attached hydrogen (secondary N) is 1. The predicted molar refractivity (Wildman–Crippen MR) is 52.7 cm³/mol. The number of nitrogens with zero attached hydrogens (tertiary/aromatic N) is 1. The van der Waals surface area contributed by atoms with Crippen LogP contribution in [0.2, 0.25) is 0 Å². The van der Waals surface area contributed by atoms with E-state index in [1.165, 1.54) is 19.3 Å². The van der Waals surface area contributed by atoms with Gasteiger partial charge in [0.05, 0.1) is 6.10 Å². The maximum atomic E-state index is 9.76. The molecule has 2 atom stereocenters. The van der Waals surface area contributed by atoms with Gasteiger partial charge < -0.3 is 10.4 Å². The van der Waals surface area contributed by atoms with Gasteiger partial charge in [-0.15, -0.1) is 0 Å². The highest BCUT2D eigenvalue weighted by Crippen LogP contribution is 2.30. The first-order chi connectivity index (χ1) is 6.33. The van der Waals surface area contributed by atoms with Crippen LogP contribution in [0.1, 0.15) is 26.2 Å². The van der Waals surface area contributed by atoms with Crippen molar-refractivity contribution >= 4 is 0 Å². The summed E-state index contributed by atoms with van der Waals surface area (Å²) in [5, 5.41) is 13.0. The lowest BCUT2D eigenvalue weighted by Crippen LogP contribution is -2.44. The number of aliphatic hydroxyl groups is 1. The molecule has 2 N–H and O–H groups in total. The van der Waals surface area contributed by atoms with Gasteiger partial charge in [0.15, 0.2) is 0 Å². The van der Waals surface area contributed by atoms with E-state index in [2.05, 4.69) is 17.1 Å². The molecule has 1 heterocycles. The Labute approximate surface area is 80.1 Å². The molecule has 2 unspecified atom stereocenters. The Morgan fingerprint density at radius 3 is 2.62 bits per heavy atom. The van der Waals surface area contributed by atoms with E-state index in [1.807, 2.05) is 0 Å². The first-order valence-corrected chi connectivity index (χ1v) is 5.47. The fourth-order valence-electron chi connectivity index (χ4n) is 2.27. The van der Waals surface area contributed by atoms with E-state index in [1.54, 1.807) is 0 Å². The Morgan fingerprint density at radius 2 is 2.15 bits per heavy atom. The van der Waals surface area contributed by atoms with E-state index in [-0.39, 0.29) is 6.10 Å². The molecule has 13 heavy (non-hydrogen) atoms. The number of β-amino-alcohol motifs (C(OH)–C–C–N with tert-alkyl or cyclic N) is 1. The zero-order chi connectivity index (χ0) is 9.26. The van der Waals surface area contributed by atoms with Gasteiger partial charge in [-0.25, -0.2) is 0 Å². The number of hydrogen-bond acceptors (Lipinski definition) is 3. The lowest BCUT2D eigenvalue weighted by atomic mass is 10.1. The highest BCUT2D eigenvalue weighted by molar-refractivity contribution is 4.95. The molecule has 3 nitrogen and oxygen atoms in total. The summed E-state index contributed by atoms with van der Waals surface area (Å²) in [4.78, 5) is 2.50. The zero-order valence-corrected chi connectivity index (χ0v) is 8.37. The van der Waals surface area contributed by atoms with Crippen LogP contribution >= 0.6 is 0 Å². The molecule has 0 aromatic carbocycles. The normalized spacial score (nSPS) is 34.4. The fraction of sp³-hybridized carbons (Fsp3) is 1.00. The molecule has 0 bridgehead atoms. The summed E-state index contributed by atoms with van der Waals surface area (Å²) in [5.74, 6) is 0. The monoisotopic (exact) mass is 184 g/mol. The average molecular weight is 184 g/mol. The third kappa shape index (κ3) is 2.03. The van der Waals surface area contributed by atoms with Crippen molar-refractivity contribution in [1.29, 1.82) is 0 Å². The molecular formula is C10H20N2O. The van der Waals surface area contributed by atoms with Crippen LogP contribution in [0.5, 0.6) is 0 Å². The lowest BCUT2D eigenvalue weighted by Gasteiger charge is -2.30. The maximum Gasteiger partial charge on any atom is 0.0831 e. The minimum atomic E-state index is -0.146. The van der Waals surface area contributed by atoms with Crippen LogP contribution in [0.25, 0.3) is 0 Å². The Morgan fingerprint density at radius 1 is 1.38 bits per heavy atom. The smallest absolute Gasteiger partial charge is 0.0831 e. The second-order valence-corrected chi connectivity index (χ2v) is 4.26. The number of aliphatic hydroxyl groups excluding tert-OH is 1. The van der Waals surface area contributed by atoms with E-state index in [9.17, 15) is 5.11 Å². The van der Waals surface area contributed by atoms with Gasteiger partial charge in [-0.1, -0.05) is 6.92 Å². The molecule has 0 aromatic heterocycles. The zero-order valence-electron chi connectivity index (χ0n) is 8.37. The molecule has 0 spiro atoms. The molecule has 2 fully saturated rings. The summed E-state index contributed by atoms with van der Waals surface area (Å²) in [7, 11) is 0. The summed E-state index contributed by atoms with van der Waals surface area (Å²) in [5.41, 5.74) is 0. The van der Waals surface area contributed by atoms with Gasteiger partial charge in [-0.05, 0) is 25.8 Å². The lowest BCUT2D eigenvalue weighted by molar-refractivity contribution is 0.0777. The van der Waals surface area contributed by atoms with Gasteiger partial charge in [0.25, 0.3) is 0 Å². The number of rotatable bonds is 4. The highest BCUT2D eigenvalue weighted by atomic mass is 16.3. The van der Waals surface area contributed by atoms with Crippen molar-refractivity contribution in [2.45, 2.75) is 44.4 Å². The van der Waals surface area contributed by atoms with Gasteiger partial charge in [0.1, 0.15) is 0 Å². The van der Waals surface area contributed by atoms with Crippen molar-refractivity contribution in [3.05, 3.63) is 0 Å². The van der Waals surface area contributed by atoms with Gasteiger partial charge in [-0.3, -0.25) is 4.90 Å². The Hall–Kier alpha value is -0.120. The Kier molecular flexibility index (Phi) is 2.86. The first-order valence-electron chi connectivity index (χ1n) is 5.47. The molecule has 0 aromatic rings. The number of hydrogen-bond donors (Lipinski definition) is 2. The molecule has 3 heteroatoms. The summed E-state index contributed by atoms with van der Waals surface area (Å²) in [6.45, 7) is 5.10. The van der Waals surface area contributed by atoms with Crippen LogP contribution < -0.4 is 5.32 Å². The van der Waals surface area contributed by atoms with Crippen molar-refractivity contribution in [2.24, 2.45) is 0 Å². The quantitative estimate of drug-likeness (QED) is 0.655. The van der Waals surface area contributed by atoms with Gasteiger partial charge in [-0.2, -0.15) is 0 Å². The second kappa shape index (κ2) is 3.95. The van der Waals surface area contributed by atoms with Crippen LogP contribution in [0, 0.1) is 0 Å². The van der Waals surface area contributed by atoms with Crippen LogP contribution in [0.15, 0.2) is 0 Å². The van der Waals surface area contributed by atoms with Crippen molar-refractivity contribution in [2.75, 3.05) is 19.6 Å². The van der Waals surface area contributed by atoms with Gasteiger partial charge >= 0.3 is 0 Å². The summed E-state index contributed by atoms with van der Waals surface area (Å²) < 4.78 is 0. The van der Waals surface area contributed by atoms with Crippen LogP contribution in [-0.4, -0.2) is 47.8 Å². The fourth-order valence-corrected chi connectivity index (χ4v) is 2.27. The van der Waals surface area contributed by atoms with E-state index < -0.39 is 0 Å². The predicted octanol–water partition coefficient (Wildman–Crippen LogP) is 0.193. The van der Waals surface area contributed by atoms with Crippen molar-refractivity contribution in [1.82, 2.24) is 10.2 Å². The van der Waals surface area contributed by atoms with Crippen LogP contribution in [0.4, 0.5) is 0 Å².